The molecule has 0 aromatic carbocycles. The molecule has 3 heteroatoms. The van der Waals surface area contributed by atoms with Crippen LogP contribution in [0.15, 0.2) is 16.8 Å². The van der Waals surface area contributed by atoms with Crippen molar-refractivity contribution >= 4 is 11.3 Å². The summed E-state index contributed by atoms with van der Waals surface area (Å²) in [5.41, 5.74) is 1.44. The predicted octanol–water partition coefficient (Wildman–Crippen LogP) is 2.82. The summed E-state index contributed by atoms with van der Waals surface area (Å²) in [5, 5.41) is 16.5. The number of thiophene rings is 1. The second kappa shape index (κ2) is 8.74. The minimum Gasteiger partial charge on any atom is -0.396 e. The Morgan fingerprint density at radius 1 is 1.31 bits per heavy atom. The van der Waals surface area contributed by atoms with Gasteiger partial charge in [0.05, 0.1) is 0 Å². The summed E-state index contributed by atoms with van der Waals surface area (Å²) >= 11 is 1.77. The summed E-state index contributed by atoms with van der Waals surface area (Å²) in [6, 6.07) is 2.76. The van der Waals surface area contributed by atoms with Gasteiger partial charge < -0.3 is 10.4 Å². The molecule has 0 aliphatic carbocycles. The van der Waals surface area contributed by atoms with Crippen LogP contribution in [0.2, 0.25) is 0 Å². The van der Waals surface area contributed by atoms with Gasteiger partial charge in [0.1, 0.15) is 0 Å². The van der Waals surface area contributed by atoms with E-state index in [1.165, 1.54) is 18.4 Å². The first-order valence-electron chi connectivity index (χ1n) is 6.18. The van der Waals surface area contributed by atoms with Gasteiger partial charge >= 0.3 is 0 Å². The minimum atomic E-state index is 0.335. The third kappa shape index (κ3) is 6.26. The van der Waals surface area contributed by atoms with Crippen LogP contribution in [0.25, 0.3) is 0 Å². The highest BCUT2D eigenvalue weighted by atomic mass is 32.1. The van der Waals surface area contributed by atoms with Crippen molar-refractivity contribution in [1.82, 2.24) is 5.32 Å². The van der Waals surface area contributed by atoms with Crippen LogP contribution in [-0.4, -0.2) is 24.3 Å². The molecule has 0 saturated heterocycles. The van der Waals surface area contributed by atoms with E-state index in [4.69, 9.17) is 5.11 Å². The van der Waals surface area contributed by atoms with E-state index in [9.17, 15) is 0 Å². The molecule has 1 unspecified atom stereocenters. The van der Waals surface area contributed by atoms with Gasteiger partial charge in [0, 0.05) is 12.6 Å². The Hall–Kier alpha value is -0.380. The molecule has 1 aromatic rings. The van der Waals surface area contributed by atoms with Gasteiger partial charge in [0.2, 0.25) is 0 Å². The normalized spacial score (nSPS) is 12.9. The van der Waals surface area contributed by atoms with Gasteiger partial charge in [-0.3, -0.25) is 0 Å². The number of aliphatic hydroxyl groups is 1. The molecule has 0 fully saturated rings. The Kier molecular flexibility index (Phi) is 7.47. The maximum absolute atomic E-state index is 8.64. The van der Waals surface area contributed by atoms with Crippen LogP contribution < -0.4 is 5.32 Å². The van der Waals surface area contributed by atoms with Gasteiger partial charge in [-0.05, 0) is 55.1 Å². The largest absolute Gasteiger partial charge is 0.396 e. The molecule has 1 heterocycles. The van der Waals surface area contributed by atoms with Gasteiger partial charge in [-0.15, -0.1) is 0 Å². The Bertz CT molecular complexity index is 248. The Labute approximate surface area is 103 Å². The zero-order chi connectivity index (χ0) is 11.6. The fourth-order valence-corrected chi connectivity index (χ4v) is 2.45. The van der Waals surface area contributed by atoms with Crippen LogP contribution in [0.4, 0.5) is 0 Å². The standard InChI is InChI=1S/C13H23NOS/c1-12(10-13-6-9-16-11-13)14-7-4-2-3-5-8-15/h6,9,11-12,14-15H,2-5,7-8,10H2,1H3. The van der Waals surface area contributed by atoms with Crippen molar-refractivity contribution in [1.29, 1.82) is 0 Å². The van der Waals surface area contributed by atoms with E-state index in [1.54, 1.807) is 11.3 Å². The molecule has 0 saturated carbocycles. The van der Waals surface area contributed by atoms with Crippen LogP contribution in [-0.2, 0) is 6.42 Å². The minimum absolute atomic E-state index is 0.335. The summed E-state index contributed by atoms with van der Waals surface area (Å²) in [6.07, 6.45) is 5.66. The molecule has 16 heavy (non-hydrogen) atoms. The Morgan fingerprint density at radius 2 is 2.12 bits per heavy atom. The van der Waals surface area contributed by atoms with Crippen molar-refractivity contribution in [3.63, 3.8) is 0 Å². The van der Waals surface area contributed by atoms with Crippen molar-refractivity contribution in [2.45, 2.75) is 45.1 Å². The molecule has 0 aliphatic heterocycles. The fourth-order valence-electron chi connectivity index (χ4n) is 1.77. The highest BCUT2D eigenvalue weighted by Gasteiger charge is 2.02. The molecule has 0 amide bonds. The topological polar surface area (TPSA) is 32.3 Å². The van der Waals surface area contributed by atoms with Crippen LogP contribution >= 0.6 is 11.3 Å². The molecule has 2 nitrogen and oxygen atoms in total. The van der Waals surface area contributed by atoms with Gasteiger partial charge in [0.25, 0.3) is 0 Å². The second-order valence-electron chi connectivity index (χ2n) is 4.33. The lowest BCUT2D eigenvalue weighted by molar-refractivity contribution is 0.282. The zero-order valence-corrected chi connectivity index (χ0v) is 10.9. The van der Waals surface area contributed by atoms with Crippen LogP contribution in [0.3, 0.4) is 0 Å². The van der Waals surface area contributed by atoms with E-state index in [2.05, 4.69) is 29.1 Å². The third-order valence-corrected chi connectivity index (χ3v) is 3.43. The summed E-state index contributed by atoms with van der Waals surface area (Å²) in [7, 11) is 0. The van der Waals surface area contributed by atoms with Gasteiger partial charge in [-0.2, -0.15) is 11.3 Å². The molecular formula is C13H23NOS. The molecule has 1 aromatic heterocycles. The van der Waals surface area contributed by atoms with Gasteiger partial charge in [0.15, 0.2) is 0 Å². The van der Waals surface area contributed by atoms with Crippen molar-refractivity contribution in [3.05, 3.63) is 22.4 Å². The summed E-state index contributed by atoms with van der Waals surface area (Å²) in [4.78, 5) is 0. The van der Waals surface area contributed by atoms with Crippen LogP contribution in [0.5, 0.6) is 0 Å². The molecule has 0 radical (unpaired) electrons. The average Bonchev–Trinajstić information content (AvgIpc) is 2.76. The van der Waals surface area contributed by atoms with E-state index in [0.717, 1.165) is 25.8 Å². The molecule has 92 valence electrons. The summed E-state index contributed by atoms with van der Waals surface area (Å²) in [5.74, 6) is 0. The van der Waals surface area contributed by atoms with Crippen molar-refractivity contribution in [2.24, 2.45) is 0 Å². The smallest absolute Gasteiger partial charge is 0.0431 e. The molecule has 2 N–H and O–H groups in total. The molecule has 0 bridgehead atoms. The number of rotatable bonds is 9. The number of aliphatic hydroxyl groups excluding tert-OH is 1. The third-order valence-electron chi connectivity index (χ3n) is 2.70. The van der Waals surface area contributed by atoms with Gasteiger partial charge in [-0.1, -0.05) is 12.8 Å². The number of nitrogens with one attached hydrogen (secondary N) is 1. The maximum atomic E-state index is 8.64. The first kappa shape index (κ1) is 13.7. The summed E-state index contributed by atoms with van der Waals surface area (Å²) < 4.78 is 0. The quantitative estimate of drug-likeness (QED) is 0.652. The van der Waals surface area contributed by atoms with Crippen LogP contribution in [0.1, 0.15) is 38.2 Å². The van der Waals surface area contributed by atoms with E-state index < -0.39 is 0 Å². The van der Waals surface area contributed by atoms with Crippen LogP contribution in [0, 0.1) is 0 Å². The zero-order valence-electron chi connectivity index (χ0n) is 10.1. The second-order valence-corrected chi connectivity index (χ2v) is 5.11. The SMILES string of the molecule is CC(Cc1ccsc1)NCCCCCCO. The molecule has 1 rings (SSSR count). The number of hydrogen-bond acceptors (Lipinski definition) is 3. The van der Waals surface area contributed by atoms with E-state index in [1.807, 2.05) is 0 Å². The number of unbranched alkanes of at least 4 members (excludes halogenated alkanes) is 3. The van der Waals surface area contributed by atoms with Crippen molar-refractivity contribution < 1.29 is 5.11 Å². The monoisotopic (exact) mass is 241 g/mol. The van der Waals surface area contributed by atoms with E-state index in [-0.39, 0.29) is 0 Å². The lowest BCUT2D eigenvalue weighted by atomic mass is 10.1. The first-order chi connectivity index (χ1) is 7.83. The Morgan fingerprint density at radius 3 is 2.81 bits per heavy atom. The van der Waals surface area contributed by atoms with E-state index >= 15 is 0 Å². The molecule has 0 spiro atoms. The highest BCUT2D eigenvalue weighted by molar-refractivity contribution is 7.07. The van der Waals surface area contributed by atoms with E-state index in [0.29, 0.717) is 12.6 Å². The van der Waals surface area contributed by atoms with Crippen molar-refractivity contribution in [3.8, 4) is 0 Å². The lowest BCUT2D eigenvalue weighted by Crippen LogP contribution is -2.28. The van der Waals surface area contributed by atoms with Crippen molar-refractivity contribution in [2.75, 3.05) is 13.2 Å². The Balaban J connectivity index is 1.96. The number of hydrogen-bond donors (Lipinski definition) is 2. The predicted molar refractivity (Wildman–Crippen MR) is 71.0 cm³/mol. The average molecular weight is 241 g/mol. The summed E-state index contributed by atoms with van der Waals surface area (Å²) in [6.45, 7) is 3.67. The fraction of sp³-hybridized carbons (Fsp3) is 0.692. The molecule has 0 aliphatic rings. The lowest BCUT2D eigenvalue weighted by Gasteiger charge is -2.12. The molecular weight excluding hydrogens is 218 g/mol. The highest BCUT2D eigenvalue weighted by Crippen LogP contribution is 2.08. The maximum Gasteiger partial charge on any atom is 0.0431 e. The first-order valence-corrected chi connectivity index (χ1v) is 7.12. The van der Waals surface area contributed by atoms with Gasteiger partial charge in [-0.25, -0.2) is 0 Å². The molecule has 1 atom stereocenters.